The third kappa shape index (κ3) is 4.59. The van der Waals surface area contributed by atoms with Crippen LogP contribution < -0.4 is 5.32 Å². The van der Waals surface area contributed by atoms with E-state index in [1.807, 2.05) is 19.1 Å². The number of aryl methyl sites for hydroxylation is 1. The van der Waals surface area contributed by atoms with E-state index in [2.05, 4.69) is 17.2 Å². The number of ether oxygens (including phenoxy) is 1. The third-order valence-corrected chi connectivity index (χ3v) is 3.52. The van der Waals surface area contributed by atoms with Crippen LogP contribution in [0.4, 0.5) is 0 Å². The molecule has 21 heavy (non-hydrogen) atoms. The van der Waals surface area contributed by atoms with Crippen LogP contribution in [-0.2, 0) is 4.74 Å². The molecule has 1 saturated heterocycles. The minimum Gasteiger partial charge on any atom is -0.395 e. The molecule has 1 aromatic rings. The molecule has 4 nitrogen and oxygen atoms in total. The minimum absolute atomic E-state index is 0.0557. The van der Waals surface area contributed by atoms with Crippen LogP contribution in [0.3, 0.4) is 0 Å². The molecule has 112 valence electrons. The molecular formula is C17H21NO3. The Labute approximate surface area is 125 Å². The Hall–Kier alpha value is -1.83. The van der Waals surface area contributed by atoms with Crippen LogP contribution in [0, 0.1) is 24.7 Å². The Balaban J connectivity index is 1.95. The van der Waals surface area contributed by atoms with Crippen LogP contribution in [0.2, 0.25) is 0 Å². The van der Waals surface area contributed by atoms with Gasteiger partial charge in [-0.1, -0.05) is 11.8 Å². The lowest BCUT2D eigenvalue weighted by atomic mass is 10.0. The molecule has 0 radical (unpaired) electrons. The summed E-state index contributed by atoms with van der Waals surface area (Å²) in [5.74, 6) is 6.26. The maximum Gasteiger partial charge on any atom is 0.251 e. The lowest BCUT2D eigenvalue weighted by Gasteiger charge is -2.10. The second kappa shape index (κ2) is 7.82. The molecule has 0 bridgehead atoms. The molecule has 0 aromatic heterocycles. The van der Waals surface area contributed by atoms with Gasteiger partial charge in [0.2, 0.25) is 0 Å². The van der Waals surface area contributed by atoms with Gasteiger partial charge in [0.1, 0.15) is 0 Å². The summed E-state index contributed by atoms with van der Waals surface area (Å²) in [6.07, 6.45) is 1.48. The van der Waals surface area contributed by atoms with Crippen LogP contribution in [0.1, 0.15) is 34.3 Å². The summed E-state index contributed by atoms with van der Waals surface area (Å²) in [6.45, 7) is 4.19. The van der Waals surface area contributed by atoms with Crippen molar-refractivity contribution in [2.45, 2.75) is 19.8 Å². The molecule has 1 heterocycles. The highest BCUT2D eigenvalue weighted by Gasteiger charge is 2.16. The summed E-state index contributed by atoms with van der Waals surface area (Å²) in [5.41, 5.74) is 2.51. The van der Waals surface area contributed by atoms with Crippen LogP contribution in [0.5, 0.6) is 0 Å². The largest absolute Gasteiger partial charge is 0.395 e. The summed E-state index contributed by atoms with van der Waals surface area (Å²) >= 11 is 0. The summed E-state index contributed by atoms with van der Waals surface area (Å²) in [7, 11) is 0. The summed E-state index contributed by atoms with van der Waals surface area (Å²) in [4.78, 5) is 12.1. The van der Waals surface area contributed by atoms with Crippen molar-refractivity contribution >= 4 is 5.91 Å². The SMILES string of the molecule is Cc1cc(C(=O)NCC2CCOC2)ccc1C#CCCO. The Morgan fingerprint density at radius 3 is 3.05 bits per heavy atom. The fraction of sp³-hybridized carbons (Fsp3) is 0.471. The fourth-order valence-electron chi connectivity index (χ4n) is 2.24. The van der Waals surface area contributed by atoms with E-state index in [1.54, 1.807) is 6.07 Å². The van der Waals surface area contributed by atoms with Gasteiger partial charge in [0.15, 0.2) is 0 Å². The maximum atomic E-state index is 12.1. The van der Waals surface area contributed by atoms with Gasteiger partial charge in [-0.25, -0.2) is 0 Å². The molecule has 0 aliphatic carbocycles. The van der Waals surface area contributed by atoms with Crippen molar-refractivity contribution < 1.29 is 14.6 Å². The van der Waals surface area contributed by atoms with E-state index in [0.29, 0.717) is 24.4 Å². The van der Waals surface area contributed by atoms with Crippen LogP contribution in [0.15, 0.2) is 18.2 Å². The van der Waals surface area contributed by atoms with E-state index >= 15 is 0 Å². The topological polar surface area (TPSA) is 58.6 Å². The highest BCUT2D eigenvalue weighted by molar-refractivity contribution is 5.94. The smallest absolute Gasteiger partial charge is 0.251 e. The molecule has 4 heteroatoms. The predicted octanol–water partition coefficient (Wildman–Crippen LogP) is 1.50. The molecule has 0 saturated carbocycles. The van der Waals surface area contributed by atoms with Gasteiger partial charge >= 0.3 is 0 Å². The van der Waals surface area contributed by atoms with Crippen LogP contribution >= 0.6 is 0 Å². The summed E-state index contributed by atoms with van der Waals surface area (Å²) < 4.78 is 5.29. The van der Waals surface area contributed by atoms with Gasteiger partial charge < -0.3 is 15.2 Å². The quantitative estimate of drug-likeness (QED) is 0.825. The van der Waals surface area contributed by atoms with Gasteiger partial charge in [0.05, 0.1) is 13.2 Å². The van der Waals surface area contributed by atoms with Crippen molar-refractivity contribution in [3.63, 3.8) is 0 Å². The minimum atomic E-state index is -0.0557. The Morgan fingerprint density at radius 1 is 1.52 bits per heavy atom. The zero-order chi connectivity index (χ0) is 15.1. The lowest BCUT2D eigenvalue weighted by Crippen LogP contribution is -2.29. The van der Waals surface area contributed by atoms with Gasteiger partial charge in [-0.05, 0) is 37.1 Å². The molecule has 0 spiro atoms. The number of aliphatic hydroxyl groups excluding tert-OH is 1. The summed E-state index contributed by atoms with van der Waals surface area (Å²) in [5, 5.41) is 11.7. The van der Waals surface area contributed by atoms with E-state index in [4.69, 9.17) is 9.84 Å². The zero-order valence-electron chi connectivity index (χ0n) is 12.3. The van der Waals surface area contributed by atoms with Gasteiger partial charge in [0.25, 0.3) is 5.91 Å². The number of hydrogen-bond donors (Lipinski definition) is 2. The van der Waals surface area contributed by atoms with Crippen molar-refractivity contribution in [2.24, 2.45) is 5.92 Å². The first kappa shape index (κ1) is 15.6. The van der Waals surface area contributed by atoms with E-state index < -0.39 is 0 Å². The van der Waals surface area contributed by atoms with Crippen molar-refractivity contribution in [1.82, 2.24) is 5.32 Å². The molecule has 1 atom stereocenters. The predicted molar refractivity (Wildman–Crippen MR) is 81.0 cm³/mol. The highest BCUT2D eigenvalue weighted by atomic mass is 16.5. The van der Waals surface area contributed by atoms with Crippen molar-refractivity contribution in [2.75, 3.05) is 26.4 Å². The second-order valence-electron chi connectivity index (χ2n) is 5.24. The third-order valence-electron chi connectivity index (χ3n) is 3.52. The molecule has 1 aromatic carbocycles. The van der Waals surface area contributed by atoms with Gasteiger partial charge in [0, 0.05) is 36.6 Å². The van der Waals surface area contributed by atoms with E-state index in [1.165, 1.54) is 0 Å². The van der Waals surface area contributed by atoms with Crippen LogP contribution in [-0.4, -0.2) is 37.4 Å². The molecule has 2 N–H and O–H groups in total. The average Bonchev–Trinajstić information content (AvgIpc) is 3.00. The lowest BCUT2D eigenvalue weighted by molar-refractivity contribution is 0.0945. The molecule has 1 fully saturated rings. The number of nitrogens with one attached hydrogen (secondary N) is 1. The number of benzene rings is 1. The number of carbonyl (C=O) groups is 1. The highest BCUT2D eigenvalue weighted by Crippen LogP contribution is 2.13. The number of carbonyl (C=O) groups excluding carboxylic acids is 1. The number of aliphatic hydroxyl groups is 1. The zero-order valence-corrected chi connectivity index (χ0v) is 12.3. The summed E-state index contributed by atoms with van der Waals surface area (Å²) in [6, 6.07) is 5.49. The second-order valence-corrected chi connectivity index (χ2v) is 5.24. The van der Waals surface area contributed by atoms with Crippen LogP contribution in [0.25, 0.3) is 0 Å². The molecule has 1 amide bonds. The van der Waals surface area contributed by atoms with Gasteiger partial charge in [-0.15, -0.1) is 0 Å². The first-order valence-electron chi connectivity index (χ1n) is 7.27. The molecule has 1 unspecified atom stereocenters. The van der Waals surface area contributed by atoms with Crippen molar-refractivity contribution in [1.29, 1.82) is 0 Å². The van der Waals surface area contributed by atoms with Gasteiger partial charge in [-0.3, -0.25) is 4.79 Å². The fourth-order valence-corrected chi connectivity index (χ4v) is 2.24. The van der Waals surface area contributed by atoms with E-state index in [9.17, 15) is 4.79 Å². The Kier molecular flexibility index (Phi) is 5.79. The Bertz CT molecular complexity index is 551. The molecule has 1 aliphatic rings. The number of hydrogen-bond acceptors (Lipinski definition) is 3. The first-order valence-corrected chi connectivity index (χ1v) is 7.27. The number of rotatable bonds is 4. The van der Waals surface area contributed by atoms with Crippen molar-refractivity contribution in [3.8, 4) is 11.8 Å². The van der Waals surface area contributed by atoms with E-state index in [0.717, 1.165) is 30.8 Å². The standard InChI is InChI=1S/C17H21NO3/c1-13-10-16(6-5-15(13)4-2-3-8-19)17(20)18-11-14-7-9-21-12-14/h5-6,10,14,19H,3,7-9,11-12H2,1H3,(H,18,20). The average molecular weight is 287 g/mol. The van der Waals surface area contributed by atoms with Gasteiger partial charge in [-0.2, -0.15) is 0 Å². The molecule has 1 aliphatic heterocycles. The molecular weight excluding hydrogens is 266 g/mol. The maximum absolute atomic E-state index is 12.1. The van der Waals surface area contributed by atoms with Crippen molar-refractivity contribution in [3.05, 3.63) is 34.9 Å². The first-order chi connectivity index (χ1) is 10.2. The Morgan fingerprint density at radius 2 is 2.38 bits per heavy atom. The number of amides is 1. The molecule has 2 rings (SSSR count). The van der Waals surface area contributed by atoms with E-state index in [-0.39, 0.29) is 12.5 Å². The normalized spacial score (nSPS) is 17.1. The monoisotopic (exact) mass is 287 g/mol.